The molecule has 4 heteroatoms. The van der Waals surface area contributed by atoms with Crippen molar-refractivity contribution < 1.29 is 19.4 Å². The summed E-state index contributed by atoms with van der Waals surface area (Å²) in [4.78, 5) is 23.9. The van der Waals surface area contributed by atoms with Crippen LogP contribution in [0.2, 0.25) is 0 Å². The normalized spacial score (nSPS) is 12.9. The number of carbonyl (C=O) groups excluding carboxylic acids is 2. The summed E-state index contributed by atoms with van der Waals surface area (Å²) in [6, 6.07) is 3.65. The Labute approximate surface area is 150 Å². The molecule has 0 aliphatic rings. The Balaban J connectivity index is 3.67. The SMILES string of the molecule is CCOC(=O)/C(=C\c1cc(C(C)(C)C)c(O)c(C(C)(C)C)c1)C(C)=O. The minimum atomic E-state index is -0.627. The first-order chi connectivity index (χ1) is 11.3. The smallest absolute Gasteiger partial charge is 0.341 e. The minimum Gasteiger partial charge on any atom is -0.507 e. The molecule has 1 rings (SSSR count). The second-order valence-corrected chi connectivity index (χ2v) is 8.30. The van der Waals surface area contributed by atoms with Gasteiger partial charge in [0, 0.05) is 11.1 Å². The van der Waals surface area contributed by atoms with Crippen LogP contribution in [0.3, 0.4) is 0 Å². The minimum absolute atomic E-state index is 0.00672. The highest BCUT2D eigenvalue weighted by molar-refractivity contribution is 6.19. The van der Waals surface area contributed by atoms with Crippen molar-refractivity contribution in [1.82, 2.24) is 0 Å². The van der Waals surface area contributed by atoms with Gasteiger partial charge in [0.1, 0.15) is 11.3 Å². The van der Waals surface area contributed by atoms with Gasteiger partial charge in [0.2, 0.25) is 0 Å². The number of phenols is 1. The van der Waals surface area contributed by atoms with Crippen LogP contribution in [-0.4, -0.2) is 23.5 Å². The molecule has 1 N–H and O–H groups in total. The summed E-state index contributed by atoms with van der Waals surface area (Å²) in [5.41, 5.74) is 1.69. The van der Waals surface area contributed by atoms with Crippen LogP contribution >= 0.6 is 0 Å². The van der Waals surface area contributed by atoms with E-state index in [4.69, 9.17) is 4.74 Å². The van der Waals surface area contributed by atoms with E-state index in [0.717, 1.165) is 11.1 Å². The number of ketones is 1. The number of Topliss-reactive ketones (excluding diaryl/α,β-unsaturated/α-hetero) is 1. The Morgan fingerprint density at radius 1 is 1.04 bits per heavy atom. The monoisotopic (exact) mass is 346 g/mol. The number of esters is 1. The Kier molecular flexibility index (Phi) is 6.22. The van der Waals surface area contributed by atoms with Crippen LogP contribution in [0, 0.1) is 0 Å². The molecule has 0 spiro atoms. The molecule has 0 saturated heterocycles. The third-order valence-electron chi connectivity index (χ3n) is 3.93. The van der Waals surface area contributed by atoms with E-state index in [2.05, 4.69) is 0 Å². The maximum Gasteiger partial charge on any atom is 0.341 e. The van der Waals surface area contributed by atoms with Crippen molar-refractivity contribution in [2.24, 2.45) is 0 Å². The molecule has 0 fully saturated rings. The molecule has 0 unspecified atom stereocenters. The van der Waals surface area contributed by atoms with E-state index in [9.17, 15) is 14.7 Å². The van der Waals surface area contributed by atoms with Gasteiger partial charge in [0.15, 0.2) is 5.78 Å². The molecule has 0 radical (unpaired) electrons. The molecule has 0 aliphatic carbocycles. The van der Waals surface area contributed by atoms with Crippen LogP contribution in [-0.2, 0) is 25.2 Å². The van der Waals surface area contributed by atoms with E-state index in [-0.39, 0.29) is 34.5 Å². The maximum absolute atomic E-state index is 12.1. The predicted molar refractivity (Wildman–Crippen MR) is 101 cm³/mol. The van der Waals surface area contributed by atoms with Crippen molar-refractivity contribution in [3.63, 3.8) is 0 Å². The lowest BCUT2D eigenvalue weighted by atomic mass is 9.78. The van der Waals surface area contributed by atoms with Crippen LogP contribution in [0.1, 0.15) is 72.1 Å². The first-order valence-corrected chi connectivity index (χ1v) is 8.56. The van der Waals surface area contributed by atoms with Crippen molar-refractivity contribution in [1.29, 1.82) is 0 Å². The van der Waals surface area contributed by atoms with Crippen molar-refractivity contribution in [2.45, 2.75) is 66.2 Å². The van der Waals surface area contributed by atoms with Crippen molar-refractivity contribution in [3.8, 4) is 5.75 Å². The Bertz CT molecular complexity index is 663. The molecule has 138 valence electrons. The number of rotatable bonds is 4. The van der Waals surface area contributed by atoms with Crippen LogP contribution in [0.25, 0.3) is 6.08 Å². The fourth-order valence-corrected chi connectivity index (χ4v) is 2.56. The second kappa shape index (κ2) is 7.42. The van der Waals surface area contributed by atoms with Gasteiger partial charge in [-0.15, -0.1) is 0 Å². The van der Waals surface area contributed by atoms with Gasteiger partial charge in [-0.1, -0.05) is 41.5 Å². The van der Waals surface area contributed by atoms with Crippen LogP contribution in [0.4, 0.5) is 0 Å². The van der Waals surface area contributed by atoms with Gasteiger partial charge >= 0.3 is 5.97 Å². The van der Waals surface area contributed by atoms with Crippen molar-refractivity contribution in [2.75, 3.05) is 6.61 Å². The highest BCUT2D eigenvalue weighted by Gasteiger charge is 2.26. The summed E-state index contributed by atoms with van der Waals surface area (Å²) < 4.78 is 4.98. The molecule has 0 saturated carbocycles. The van der Waals surface area contributed by atoms with Gasteiger partial charge in [0.25, 0.3) is 0 Å². The first-order valence-electron chi connectivity index (χ1n) is 8.56. The van der Waals surface area contributed by atoms with E-state index in [0.29, 0.717) is 5.56 Å². The number of aromatic hydroxyl groups is 1. The lowest BCUT2D eigenvalue weighted by molar-refractivity contribution is -0.139. The molecule has 4 nitrogen and oxygen atoms in total. The molecule has 0 bridgehead atoms. The third kappa shape index (κ3) is 5.18. The predicted octanol–water partition coefficient (Wildman–Crippen LogP) is 4.52. The molecule has 0 amide bonds. The Morgan fingerprint density at radius 2 is 1.48 bits per heavy atom. The summed E-state index contributed by atoms with van der Waals surface area (Å²) in [6.07, 6.45) is 1.55. The van der Waals surface area contributed by atoms with E-state index < -0.39 is 5.97 Å². The van der Waals surface area contributed by atoms with Gasteiger partial charge in [-0.3, -0.25) is 4.79 Å². The third-order valence-corrected chi connectivity index (χ3v) is 3.93. The molecular formula is C21H30O4. The number of hydrogen-bond acceptors (Lipinski definition) is 4. The molecular weight excluding hydrogens is 316 g/mol. The van der Waals surface area contributed by atoms with Gasteiger partial charge in [0.05, 0.1) is 6.61 Å². The molecule has 0 heterocycles. The van der Waals surface area contributed by atoms with Crippen LogP contribution in [0.15, 0.2) is 17.7 Å². The van der Waals surface area contributed by atoms with E-state index in [1.807, 2.05) is 53.7 Å². The molecule has 1 aromatic rings. The zero-order valence-electron chi connectivity index (χ0n) is 16.6. The van der Waals surface area contributed by atoms with Crippen LogP contribution in [0.5, 0.6) is 5.75 Å². The Hall–Kier alpha value is -2.10. The lowest BCUT2D eigenvalue weighted by Gasteiger charge is -2.28. The molecule has 0 aliphatic heterocycles. The summed E-state index contributed by atoms with van der Waals surface area (Å²) in [6.45, 7) is 15.3. The fraction of sp³-hybridized carbons (Fsp3) is 0.524. The molecule has 0 atom stereocenters. The quantitative estimate of drug-likeness (QED) is 0.377. The van der Waals surface area contributed by atoms with Gasteiger partial charge < -0.3 is 9.84 Å². The van der Waals surface area contributed by atoms with E-state index in [1.54, 1.807) is 13.0 Å². The largest absolute Gasteiger partial charge is 0.507 e. The number of hydrogen-bond donors (Lipinski definition) is 1. The summed E-state index contributed by atoms with van der Waals surface area (Å²) in [5.74, 6) is -0.712. The first kappa shape index (κ1) is 20.9. The molecule has 0 aromatic heterocycles. The number of benzene rings is 1. The molecule has 25 heavy (non-hydrogen) atoms. The summed E-state index contributed by atoms with van der Waals surface area (Å²) in [5, 5.41) is 10.7. The van der Waals surface area contributed by atoms with Gasteiger partial charge in [-0.2, -0.15) is 0 Å². The highest BCUT2D eigenvalue weighted by Crippen LogP contribution is 2.40. The second-order valence-electron chi connectivity index (χ2n) is 8.30. The standard InChI is InChI=1S/C21H30O4/c1-9-25-19(24)15(13(2)22)10-14-11-16(20(3,4)5)18(23)17(12-14)21(6,7)8/h10-12,23H,9H2,1-8H3/b15-10-. The highest BCUT2D eigenvalue weighted by atomic mass is 16.5. The number of ether oxygens (including phenoxy) is 1. The zero-order chi connectivity index (χ0) is 19.6. The molecule has 1 aromatic carbocycles. The lowest BCUT2D eigenvalue weighted by Crippen LogP contribution is -2.18. The van der Waals surface area contributed by atoms with Gasteiger partial charge in [-0.05, 0) is 48.4 Å². The van der Waals surface area contributed by atoms with E-state index in [1.165, 1.54) is 6.92 Å². The van der Waals surface area contributed by atoms with Gasteiger partial charge in [-0.25, -0.2) is 4.79 Å². The fourth-order valence-electron chi connectivity index (χ4n) is 2.56. The average Bonchev–Trinajstić information content (AvgIpc) is 2.43. The average molecular weight is 346 g/mol. The number of carbonyl (C=O) groups is 2. The van der Waals surface area contributed by atoms with Crippen molar-refractivity contribution >= 4 is 17.8 Å². The number of phenolic OH excluding ortho intramolecular Hbond substituents is 1. The maximum atomic E-state index is 12.1. The van der Waals surface area contributed by atoms with Crippen molar-refractivity contribution in [3.05, 3.63) is 34.4 Å². The Morgan fingerprint density at radius 3 is 1.80 bits per heavy atom. The zero-order valence-corrected chi connectivity index (χ0v) is 16.6. The topological polar surface area (TPSA) is 63.6 Å². The summed E-state index contributed by atoms with van der Waals surface area (Å²) >= 11 is 0. The van der Waals surface area contributed by atoms with Crippen LogP contribution < -0.4 is 0 Å². The summed E-state index contributed by atoms with van der Waals surface area (Å²) in [7, 11) is 0. The van der Waals surface area contributed by atoms with E-state index >= 15 is 0 Å².